The van der Waals surface area contributed by atoms with E-state index in [9.17, 15) is 9.59 Å². The standard InChI is InChI=1S/C20H19N3O3S/c1-12(2)22-23-19(25)15-8-9-27-20(15)21-18(24)16-10-13-6-4-5-7-14(13)11-17(16)26-3/h4-11H,1-3H3,(H,21,24)(H,23,25). The average Bonchev–Trinajstić information content (AvgIpc) is 3.13. The molecule has 0 aliphatic rings. The highest BCUT2D eigenvalue weighted by atomic mass is 32.1. The monoisotopic (exact) mass is 381 g/mol. The summed E-state index contributed by atoms with van der Waals surface area (Å²) in [7, 11) is 1.52. The molecule has 0 aliphatic carbocycles. The molecule has 138 valence electrons. The number of carbonyl (C=O) groups is 2. The number of nitrogens with zero attached hydrogens (tertiary/aromatic N) is 1. The van der Waals surface area contributed by atoms with Gasteiger partial charge in [-0.2, -0.15) is 5.10 Å². The lowest BCUT2D eigenvalue weighted by atomic mass is 10.1. The molecule has 7 heteroatoms. The fourth-order valence-electron chi connectivity index (χ4n) is 2.54. The summed E-state index contributed by atoms with van der Waals surface area (Å²) < 4.78 is 5.38. The Morgan fingerprint density at radius 2 is 1.70 bits per heavy atom. The third-order valence-electron chi connectivity index (χ3n) is 3.83. The van der Waals surface area contributed by atoms with Gasteiger partial charge in [-0.05, 0) is 48.2 Å². The molecule has 0 saturated carbocycles. The summed E-state index contributed by atoms with van der Waals surface area (Å²) >= 11 is 1.27. The zero-order valence-corrected chi connectivity index (χ0v) is 16.0. The molecule has 1 aromatic heterocycles. The molecule has 3 aromatic rings. The van der Waals surface area contributed by atoms with Crippen LogP contribution in [0.2, 0.25) is 0 Å². The Hall–Kier alpha value is -3.19. The minimum atomic E-state index is -0.377. The minimum absolute atomic E-state index is 0.343. The lowest BCUT2D eigenvalue weighted by Crippen LogP contribution is -2.20. The van der Waals surface area contributed by atoms with Crippen LogP contribution >= 0.6 is 11.3 Å². The van der Waals surface area contributed by atoms with E-state index in [0.29, 0.717) is 21.9 Å². The van der Waals surface area contributed by atoms with Crippen LogP contribution in [0.3, 0.4) is 0 Å². The zero-order chi connectivity index (χ0) is 19.4. The van der Waals surface area contributed by atoms with Crippen molar-refractivity contribution in [2.45, 2.75) is 13.8 Å². The normalized spacial score (nSPS) is 10.3. The molecule has 0 bridgehead atoms. The minimum Gasteiger partial charge on any atom is -0.496 e. The van der Waals surface area contributed by atoms with Gasteiger partial charge in [-0.3, -0.25) is 9.59 Å². The second kappa shape index (κ2) is 8.01. The van der Waals surface area contributed by atoms with Gasteiger partial charge in [-0.1, -0.05) is 24.3 Å². The number of hydrogen-bond donors (Lipinski definition) is 2. The van der Waals surface area contributed by atoms with Crippen LogP contribution in [0.4, 0.5) is 5.00 Å². The topological polar surface area (TPSA) is 79.8 Å². The predicted molar refractivity (Wildman–Crippen MR) is 109 cm³/mol. The molecule has 2 amide bonds. The highest BCUT2D eigenvalue weighted by Gasteiger charge is 2.18. The lowest BCUT2D eigenvalue weighted by Gasteiger charge is -2.11. The van der Waals surface area contributed by atoms with Crippen LogP contribution in [-0.4, -0.2) is 24.6 Å². The van der Waals surface area contributed by atoms with Crippen molar-refractivity contribution in [1.29, 1.82) is 0 Å². The molecule has 2 aromatic carbocycles. The predicted octanol–water partition coefficient (Wildman–Crippen LogP) is 4.29. The first-order valence-electron chi connectivity index (χ1n) is 8.26. The Kier molecular flexibility index (Phi) is 5.52. The molecular weight excluding hydrogens is 362 g/mol. The summed E-state index contributed by atoms with van der Waals surface area (Å²) in [6.45, 7) is 3.56. The van der Waals surface area contributed by atoms with Crippen LogP contribution in [0.15, 0.2) is 52.9 Å². The Morgan fingerprint density at radius 1 is 1.00 bits per heavy atom. The molecule has 0 fully saturated rings. The van der Waals surface area contributed by atoms with E-state index in [1.165, 1.54) is 18.4 Å². The van der Waals surface area contributed by atoms with Gasteiger partial charge in [0.05, 0.1) is 18.2 Å². The summed E-state index contributed by atoms with van der Waals surface area (Å²) in [6.07, 6.45) is 0. The first-order chi connectivity index (χ1) is 13.0. The van der Waals surface area contributed by atoms with Crippen molar-refractivity contribution in [2.24, 2.45) is 5.10 Å². The van der Waals surface area contributed by atoms with Gasteiger partial charge in [-0.25, -0.2) is 5.43 Å². The number of thiophene rings is 1. The first-order valence-corrected chi connectivity index (χ1v) is 9.14. The molecule has 0 unspecified atom stereocenters. The van der Waals surface area contributed by atoms with E-state index in [2.05, 4.69) is 15.8 Å². The Morgan fingerprint density at radius 3 is 2.37 bits per heavy atom. The third kappa shape index (κ3) is 4.15. The fraction of sp³-hybridized carbons (Fsp3) is 0.150. The first kappa shape index (κ1) is 18.6. The highest BCUT2D eigenvalue weighted by molar-refractivity contribution is 7.14. The number of ether oxygens (including phenoxy) is 1. The number of hydrogen-bond acceptors (Lipinski definition) is 5. The van der Waals surface area contributed by atoms with Crippen molar-refractivity contribution in [3.8, 4) is 5.75 Å². The smallest absolute Gasteiger partial charge is 0.274 e. The maximum atomic E-state index is 12.8. The molecule has 0 aliphatic heterocycles. The van der Waals surface area contributed by atoms with Crippen molar-refractivity contribution < 1.29 is 14.3 Å². The van der Waals surface area contributed by atoms with E-state index in [1.807, 2.05) is 30.3 Å². The van der Waals surface area contributed by atoms with Crippen molar-refractivity contribution in [2.75, 3.05) is 12.4 Å². The Bertz CT molecular complexity index is 1040. The summed E-state index contributed by atoms with van der Waals surface area (Å²) in [5.41, 5.74) is 3.95. The molecule has 0 spiro atoms. The molecular formula is C20H19N3O3S. The molecule has 0 radical (unpaired) electrons. The van der Waals surface area contributed by atoms with E-state index in [-0.39, 0.29) is 11.8 Å². The second-order valence-corrected chi connectivity index (χ2v) is 6.93. The van der Waals surface area contributed by atoms with Crippen molar-refractivity contribution in [3.63, 3.8) is 0 Å². The van der Waals surface area contributed by atoms with Gasteiger partial charge >= 0.3 is 0 Å². The Labute approximate surface area is 160 Å². The quantitative estimate of drug-likeness (QED) is 0.511. The SMILES string of the molecule is COc1cc2ccccc2cc1C(=O)Nc1sccc1C(=O)NN=C(C)C. The van der Waals surface area contributed by atoms with Crippen LogP contribution in [0, 0.1) is 0 Å². The maximum absolute atomic E-state index is 12.8. The zero-order valence-electron chi connectivity index (χ0n) is 15.2. The largest absolute Gasteiger partial charge is 0.496 e. The van der Waals surface area contributed by atoms with E-state index in [4.69, 9.17) is 4.74 Å². The molecule has 0 saturated heterocycles. The van der Waals surface area contributed by atoms with Crippen LogP contribution < -0.4 is 15.5 Å². The molecule has 27 heavy (non-hydrogen) atoms. The number of rotatable bonds is 5. The number of anilines is 1. The summed E-state index contributed by atoms with van der Waals surface area (Å²) in [6, 6.07) is 13.0. The van der Waals surface area contributed by atoms with Gasteiger partial charge in [0, 0.05) is 5.71 Å². The van der Waals surface area contributed by atoms with Gasteiger partial charge in [0.2, 0.25) is 0 Å². The van der Waals surface area contributed by atoms with Gasteiger partial charge in [0.15, 0.2) is 0 Å². The fourth-order valence-corrected chi connectivity index (χ4v) is 3.32. The van der Waals surface area contributed by atoms with E-state index < -0.39 is 0 Å². The van der Waals surface area contributed by atoms with E-state index in [1.54, 1.807) is 31.4 Å². The lowest BCUT2D eigenvalue weighted by molar-refractivity contribution is 0.0956. The molecule has 3 rings (SSSR count). The number of fused-ring (bicyclic) bond motifs is 1. The van der Waals surface area contributed by atoms with Gasteiger partial charge in [0.25, 0.3) is 11.8 Å². The maximum Gasteiger partial charge on any atom is 0.274 e. The molecule has 6 nitrogen and oxygen atoms in total. The van der Waals surface area contributed by atoms with Crippen LogP contribution in [0.5, 0.6) is 5.75 Å². The number of methoxy groups -OCH3 is 1. The van der Waals surface area contributed by atoms with Gasteiger partial charge < -0.3 is 10.1 Å². The molecule has 2 N–H and O–H groups in total. The summed E-state index contributed by atoms with van der Waals surface area (Å²) in [5, 5.41) is 10.8. The number of carbonyl (C=O) groups excluding carboxylic acids is 2. The summed E-state index contributed by atoms with van der Waals surface area (Å²) in [5.74, 6) is -0.248. The molecule has 0 atom stereocenters. The van der Waals surface area contributed by atoms with Crippen molar-refractivity contribution in [1.82, 2.24) is 5.43 Å². The number of nitrogens with one attached hydrogen (secondary N) is 2. The molecule has 1 heterocycles. The van der Waals surface area contributed by atoms with Crippen LogP contribution in [0.25, 0.3) is 10.8 Å². The number of hydrazone groups is 1. The average molecular weight is 381 g/mol. The number of amides is 2. The number of benzene rings is 2. The van der Waals surface area contributed by atoms with Crippen molar-refractivity contribution >= 4 is 44.6 Å². The van der Waals surface area contributed by atoms with E-state index in [0.717, 1.165) is 16.5 Å². The van der Waals surface area contributed by atoms with Crippen molar-refractivity contribution in [3.05, 3.63) is 59.0 Å². The Balaban J connectivity index is 1.88. The highest BCUT2D eigenvalue weighted by Crippen LogP contribution is 2.29. The van der Waals surface area contributed by atoms with Crippen LogP contribution in [0.1, 0.15) is 34.6 Å². The van der Waals surface area contributed by atoms with Gasteiger partial charge in [0.1, 0.15) is 10.8 Å². The summed E-state index contributed by atoms with van der Waals surface area (Å²) in [4.78, 5) is 25.1. The third-order valence-corrected chi connectivity index (χ3v) is 4.66. The van der Waals surface area contributed by atoms with E-state index >= 15 is 0 Å². The van der Waals surface area contributed by atoms with Gasteiger partial charge in [-0.15, -0.1) is 11.3 Å². The second-order valence-electron chi connectivity index (χ2n) is 6.02. The van der Waals surface area contributed by atoms with Crippen LogP contribution in [-0.2, 0) is 0 Å².